The first-order chi connectivity index (χ1) is 8.18. The van der Waals surface area contributed by atoms with E-state index in [4.69, 9.17) is 0 Å². The topological polar surface area (TPSA) is 12.0 Å². The number of rotatable bonds is 4. The van der Waals surface area contributed by atoms with Crippen LogP contribution in [0, 0.1) is 0 Å². The zero-order valence-corrected chi connectivity index (χ0v) is 11.4. The van der Waals surface area contributed by atoms with Crippen LogP contribution >= 0.6 is 0 Å². The lowest BCUT2D eigenvalue weighted by molar-refractivity contribution is 0.458. The van der Waals surface area contributed by atoms with Crippen LogP contribution in [-0.2, 0) is 11.8 Å². The minimum Gasteiger partial charge on any atom is -0.314 e. The summed E-state index contributed by atoms with van der Waals surface area (Å²) in [5.74, 6) is 0. The van der Waals surface area contributed by atoms with E-state index >= 15 is 0 Å². The Morgan fingerprint density at radius 3 is 2.53 bits per heavy atom. The SMILES string of the molecule is CCNC1CCC(C)(c2ccc(CC)cc2)C1. The van der Waals surface area contributed by atoms with Crippen molar-refractivity contribution in [1.82, 2.24) is 5.32 Å². The van der Waals surface area contributed by atoms with Crippen LogP contribution in [0.2, 0.25) is 0 Å². The summed E-state index contributed by atoms with van der Waals surface area (Å²) < 4.78 is 0. The molecule has 0 radical (unpaired) electrons. The normalized spacial score (nSPS) is 28.5. The van der Waals surface area contributed by atoms with Crippen molar-refractivity contribution < 1.29 is 0 Å². The molecule has 1 aliphatic rings. The minimum absolute atomic E-state index is 0.388. The summed E-state index contributed by atoms with van der Waals surface area (Å²) in [6.07, 6.45) is 5.05. The second-order valence-electron chi connectivity index (χ2n) is 5.61. The Morgan fingerprint density at radius 1 is 1.24 bits per heavy atom. The molecule has 0 aliphatic heterocycles. The zero-order chi connectivity index (χ0) is 12.3. The Kier molecular flexibility index (Phi) is 3.88. The van der Waals surface area contributed by atoms with Gasteiger partial charge in [-0.3, -0.25) is 0 Å². The highest BCUT2D eigenvalue weighted by molar-refractivity contribution is 5.30. The van der Waals surface area contributed by atoms with E-state index in [-0.39, 0.29) is 0 Å². The predicted molar refractivity (Wildman–Crippen MR) is 74.5 cm³/mol. The lowest BCUT2D eigenvalue weighted by atomic mass is 9.80. The van der Waals surface area contributed by atoms with E-state index in [1.165, 1.54) is 30.4 Å². The second kappa shape index (κ2) is 5.22. The molecule has 1 fully saturated rings. The lowest BCUT2D eigenvalue weighted by Gasteiger charge is -2.25. The van der Waals surface area contributed by atoms with Crippen LogP contribution in [0.4, 0.5) is 0 Å². The number of hydrogen-bond acceptors (Lipinski definition) is 1. The van der Waals surface area contributed by atoms with E-state index in [0.717, 1.165) is 19.0 Å². The van der Waals surface area contributed by atoms with E-state index < -0.39 is 0 Å². The first-order valence-corrected chi connectivity index (χ1v) is 7.00. The number of hydrogen-bond donors (Lipinski definition) is 1. The molecular weight excluding hydrogens is 206 g/mol. The van der Waals surface area contributed by atoms with Gasteiger partial charge in [-0.1, -0.05) is 45.0 Å². The molecule has 2 rings (SSSR count). The Morgan fingerprint density at radius 2 is 1.94 bits per heavy atom. The number of benzene rings is 1. The van der Waals surface area contributed by atoms with Gasteiger partial charge in [-0.2, -0.15) is 0 Å². The monoisotopic (exact) mass is 231 g/mol. The van der Waals surface area contributed by atoms with Gasteiger partial charge in [-0.25, -0.2) is 0 Å². The van der Waals surface area contributed by atoms with Gasteiger partial charge in [0.2, 0.25) is 0 Å². The smallest absolute Gasteiger partial charge is 0.00756 e. The molecule has 1 saturated carbocycles. The first kappa shape index (κ1) is 12.6. The molecule has 0 saturated heterocycles. The van der Waals surface area contributed by atoms with Crippen molar-refractivity contribution in [3.05, 3.63) is 35.4 Å². The van der Waals surface area contributed by atoms with Crippen LogP contribution in [0.5, 0.6) is 0 Å². The van der Waals surface area contributed by atoms with Crippen LogP contribution in [0.15, 0.2) is 24.3 Å². The van der Waals surface area contributed by atoms with Gasteiger partial charge < -0.3 is 5.32 Å². The van der Waals surface area contributed by atoms with Gasteiger partial charge in [0.05, 0.1) is 0 Å². The molecule has 1 aliphatic carbocycles. The third-order valence-corrected chi connectivity index (χ3v) is 4.29. The highest BCUT2D eigenvalue weighted by Crippen LogP contribution is 2.40. The molecule has 0 bridgehead atoms. The molecule has 0 amide bonds. The Balaban J connectivity index is 2.10. The van der Waals surface area contributed by atoms with Gasteiger partial charge in [-0.05, 0) is 48.8 Å². The molecular formula is C16H25N. The van der Waals surface area contributed by atoms with Crippen molar-refractivity contribution in [3.63, 3.8) is 0 Å². The van der Waals surface area contributed by atoms with E-state index in [9.17, 15) is 0 Å². The van der Waals surface area contributed by atoms with Gasteiger partial charge in [-0.15, -0.1) is 0 Å². The summed E-state index contributed by atoms with van der Waals surface area (Å²) in [5.41, 5.74) is 3.35. The molecule has 1 nitrogen and oxygen atoms in total. The summed E-state index contributed by atoms with van der Waals surface area (Å²) in [5, 5.41) is 3.59. The standard InChI is InChI=1S/C16H25N/c1-4-13-6-8-14(9-7-13)16(3)11-10-15(12-16)17-5-2/h6-9,15,17H,4-5,10-12H2,1-3H3. The lowest BCUT2D eigenvalue weighted by Crippen LogP contribution is -2.28. The second-order valence-corrected chi connectivity index (χ2v) is 5.61. The Hall–Kier alpha value is -0.820. The quantitative estimate of drug-likeness (QED) is 0.833. The fraction of sp³-hybridized carbons (Fsp3) is 0.625. The molecule has 0 spiro atoms. The van der Waals surface area contributed by atoms with E-state index in [1.54, 1.807) is 0 Å². The molecule has 1 aromatic rings. The summed E-state index contributed by atoms with van der Waals surface area (Å²) in [6, 6.07) is 9.98. The van der Waals surface area contributed by atoms with Crippen LogP contribution in [0.1, 0.15) is 51.2 Å². The van der Waals surface area contributed by atoms with Crippen LogP contribution in [0.25, 0.3) is 0 Å². The summed E-state index contributed by atoms with van der Waals surface area (Å²) in [4.78, 5) is 0. The van der Waals surface area contributed by atoms with Gasteiger partial charge in [0.25, 0.3) is 0 Å². The Bertz CT molecular complexity index is 354. The maximum absolute atomic E-state index is 3.59. The molecule has 0 aromatic heterocycles. The summed E-state index contributed by atoms with van der Waals surface area (Å²) in [7, 11) is 0. The molecule has 17 heavy (non-hydrogen) atoms. The summed E-state index contributed by atoms with van der Waals surface area (Å²) >= 11 is 0. The summed E-state index contributed by atoms with van der Waals surface area (Å²) in [6.45, 7) is 7.93. The van der Waals surface area contributed by atoms with Crippen molar-refractivity contribution in [1.29, 1.82) is 0 Å². The fourth-order valence-electron chi connectivity index (χ4n) is 3.11. The molecule has 0 heterocycles. The highest BCUT2D eigenvalue weighted by Gasteiger charge is 2.35. The van der Waals surface area contributed by atoms with Crippen molar-refractivity contribution >= 4 is 0 Å². The predicted octanol–water partition coefficient (Wildman–Crippen LogP) is 3.67. The van der Waals surface area contributed by atoms with Crippen molar-refractivity contribution in [3.8, 4) is 0 Å². The minimum atomic E-state index is 0.388. The number of aryl methyl sites for hydroxylation is 1. The molecule has 1 N–H and O–H groups in total. The molecule has 1 aromatic carbocycles. The molecule has 2 atom stereocenters. The average molecular weight is 231 g/mol. The van der Waals surface area contributed by atoms with Crippen molar-refractivity contribution in [2.24, 2.45) is 0 Å². The van der Waals surface area contributed by atoms with Crippen molar-refractivity contribution in [2.75, 3.05) is 6.54 Å². The Labute approximate surface area is 106 Å². The molecule has 2 unspecified atom stereocenters. The largest absolute Gasteiger partial charge is 0.314 e. The van der Waals surface area contributed by atoms with Crippen LogP contribution in [-0.4, -0.2) is 12.6 Å². The molecule has 94 valence electrons. The van der Waals surface area contributed by atoms with E-state index in [0.29, 0.717) is 5.41 Å². The van der Waals surface area contributed by atoms with Crippen LogP contribution < -0.4 is 5.32 Å². The van der Waals surface area contributed by atoms with Gasteiger partial charge in [0.15, 0.2) is 0 Å². The van der Waals surface area contributed by atoms with Crippen LogP contribution in [0.3, 0.4) is 0 Å². The zero-order valence-electron chi connectivity index (χ0n) is 11.4. The maximum Gasteiger partial charge on any atom is 0.00756 e. The third kappa shape index (κ3) is 2.71. The third-order valence-electron chi connectivity index (χ3n) is 4.29. The van der Waals surface area contributed by atoms with E-state index in [2.05, 4.69) is 50.4 Å². The van der Waals surface area contributed by atoms with Crippen molar-refractivity contribution in [2.45, 2.75) is 57.9 Å². The number of nitrogens with one attached hydrogen (secondary N) is 1. The van der Waals surface area contributed by atoms with Gasteiger partial charge >= 0.3 is 0 Å². The van der Waals surface area contributed by atoms with Gasteiger partial charge in [0.1, 0.15) is 0 Å². The fourth-order valence-corrected chi connectivity index (χ4v) is 3.11. The average Bonchev–Trinajstić information content (AvgIpc) is 2.73. The van der Waals surface area contributed by atoms with E-state index in [1.807, 2.05) is 0 Å². The maximum atomic E-state index is 3.59. The van der Waals surface area contributed by atoms with Gasteiger partial charge in [0, 0.05) is 6.04 Å². The first-order valence-electron chi connectivity index (χ1n) is 7.00. The highest BCUT2D eigenvalue weighted by atomic mass is 14.9. The molecule has 1 heteroatoms.